The van der Waals surface area contributed by atoms with Crippen molar-refractivity contribution in [2.75, 3.05) is 19.6 Å². The maximum absolute atomic E-state index is 12.6. The zero-order valence-electron chi connectivity index (χ0n) is 11.2. The van der Waals surface area contributed by atoms with Crippen LogP contribution < -0.4 is 5.32 Å². The monoisotopic (exact) mass is 246 g/mol. The molecule has 1 aromatic carbocycles. The van der Waals surface area contributed by atoms with Crippen LogP contribution in [0.2, 0.25) is 0 Å². The molecule has 0 aliphatic carbocycles. The third kappa shape index (κ3) is 2.91. The van der Waals surface area contributed by atoms with Gasteiger partial charge in [0.15, 0.2) is 0 Å². The van der Waals surface area contributed by atoms with Gasteiger partial charge >= 0.3 is 0 Å². The lowest BCUT2D eigenvalue weighted by molar-refractivity contribution is 0.0646. The molecule has 1 unspecified atom stereocenters. The first-order valence-corrected chi connectivity index (χ1v) is 6.77. The Bertz CT molecular complexity index is 389. The van der Waals surface area contributed by atoms with Crippen molar-refractivity contribution >= 4 is 5.91 Å². The zero-order chi connectivity index (χ0) is 13.0. The lowest BCUT2D eigenvalue weighted by Gasteiger charge is -2.32. The Morgan fingerprint density at radius 2 is 2.06 bits per heavy atom. The minimum atomic E-state index is 0.165. The average Bonchev–Trinajstić information content (AvgIpc) is 2.64. The number of carbonyl (C=O) groups is 1. The van der Waals surface area contributed by atoms with Crippen LogP contribution in [0, 0.1) is 5.92 Å². The van der Waals surface area contributed by atoms with Crippen LogP contribution in [0.25, 0.3) is 0 Å². The van der Waals surface area contributed by atoms with E-state index in [0.717, 1.165) is 31.6 Å². The predicted octanol–water partition coefficient (Wildman–Crippen LogP) is 2.15. The third-order valence-corrected chi connectivity index (χ3v) is 3.56. The summed E-state index contributed by atoms with van der Waals surface area (Å²) in [6.45, 7) is 7.12. The fourth-order valence-corrected chi connectivity index (χ4v) is 2.49. The molecule has 1 aliphatic rings. The molecule has 1 saturated heterocycles. The zero-order valence-corrected chi connectivity index (χ0v) is 11.2. The highest BCUT2D eigenvalue weighted by atomic mass is 16.2. The molecule has 1 N–H and O–H groups in total. The summed E-state index contributed by atoms with van der Waals surface area (Å²) in [4.78, 5) is 14.6. The molecule has 98 valence electrons. The van der Waals surface area contributed by atoms with Crippen molar-refractivity contribution in [3.8, 4) is 0 Å². The summed E-state index contributed by atoms with van der Waals surface area (Å²) in [5.41, 5.74) is 0.796. The second kappa shape index (κ2) is 6.01. The summed E-state index contributed by atoms with van der Waals surface area (Å²) in [6.07, 6.45) is 1.03. The topological polar surface area (TPSA) is 32.3 Å². The molecular formula is C15H22N2O. The molecule has 0 bridgehead atoms. The summed E-state index contributed by atoms with van der Waals surface area (Å²) in [7, 11) is 0. The molecular weight excluding hydrogens is 224 g/mol. The highest BCUT2D eigenvalue weighted by Gasteiger charge is 2.28. The van der Waals surface area contributed by atoms with E-state index in [9.17, 15) is 4.79 Å². The Kier molecular flexibility index (Phi) is 4.37. The van der Waals surface area contributed by atoms with Crippen LogP contribution in [0.4, 0.5) is 0 Å². The second-order valence-electron chi connectivity index (χ2n) is 5.23. The number of nitrogens with one attached hydrogen (secondary N) is 1. The van der Waals surface area contributed by atoms with Gasteiger partial charge in [-0.05, 0) is 31.0 Å². The molecule has 1 aromatic rings. The van der Waals surface area contributed by atoms with Crippen molar-refractivity contribution in [3.05, 3.63) is 35.9 Å². The van der Waals surface area contributed by atoms with Gasteiger partial charge in [0.1, 0.15) is 0 Å². The molecule has 18 heavy (non-hydrogen) atoms. The number of benzene rings is 1. The minimum absolute atomic E-state index is 0.165. The SMILES string of the molecule is CC(C)C1CNCCCN1C(=O)c1ccccc1. The van der Waals surface area contributed by atoms with Gasteiger partial charge in [0, 0.05) is 24.7 Å². The van der Waals surface area contributed by atoms with Crippen molar-refractivity contribution in [2.45, 2.75) is 26.3 Å². The minimum Gasteiger partial charge on any atom is -0.334 e. The number of rotatable bonds is 2. The van der Waals surface area contributed by atoms with E-state index in [2.05, 4.69) is 19.2 Å². The van der Waals surface area contributed by atoms with Crippen molar-refractivity contribution in [2.24, 2.45) is 5.92 Å². The Labute approximate surface area is 109 Å². The van der Waals surface area contributed by atoms with Gasteiger partial charge in [0.05, 0.1) is 0 Å². The van der Waals surface area contributed by atoms with E-state index in [-0.39, 0.29) is 5.91 Å². The first-order chi connectivity index (χ1) is 8.70. The lowest BCUT2D eigenvalue weighted by atomic mass is 10.0. The van der Waals surface area contributed by atoms with E-state index >= 15 is 0 Å². The molecule has 0 radical (unpaired) electrons. The summed E-state index contributed by atoms with van der Waals surface area (Å²) in [6, 6.07) is 9.89. The number of nitrogens with zero attached hydrogens (tertiary/aromatic N) is 1. The molecule has 1 amide bonds. The highest BCUT2D eigenvalue weighted by molar-refractivity contribution is 5.94. The van der Waals surface area contributed by atoms with Gasteiger partial charge in [0.25, 0.3) is 5.91 Å². The van der Waals surface area contributed by atoms with Gasteiger partial charge in [-0.2, -0.15) is 0 Å². The van der Waals surface area contributed by atoms with Crippen molar-refractivity contribution < 1.29 is 4.79 Å². The Hall–Kier alpha value is -1.35. The lowest BCUT2D eigenvalue weighted by Crippen LogP contribution is -2.46. The Balaban J connectivity index is 2.20. The molecule has 1 atom stereocenters. The highest BCUT2D eigenvalue weighted by Crippen LogP contribution is 2.16. The van der Waals surface area contributed by atoms with E-state index in [4.69, 9.17) is 0 Å². The van der Waals surface area contributed by atoms with Crippen LogP contribution in [0.5, 0.6) is 0 Å². The van der Waals surface area contributed by atoms with E-state index in [1.165, 1.54) is 0 Å². The van der Waals surface area contributed by atoms with Gasteiger partial charge in [0.2, 0.25) is 0 Å². The van der Waals surface area contributed by atoms with Crippen molar-refractivity contribution in [1.82, 2.24) is 10.2 Å². The number of hydrogen-bond donors (Lipinski definition) is 1. The average molecular weight is 246 g/mol. The molecule has 1 aliphatic heterocycles. The molecule has 0 aromatic heterocycles. The van der Waals surface area contributed by atoms with Crippen LogP contribution in [-0.4, -0.2) is 36.5 Å². The molecule has 1 fully saturated rings. The van der Waals surface area contributed by atoms with Crippen LogP contribution in [0.3, 0.4) is 0 Å². The molecule has 3 nitrogen and oxygen atoms in total. The van der Waals surface area contributed by atoms with Gasteiger partial charge in [-0.25, -0.2) is 0 Å². The van der Waals surface area contributed by atoms with E-state index in [0.29, 0.717) is 12.0 Å². The van der Waals surface area contributed by atoms with E-state index in [1.807, 2.05) is 35.2 Å². The molecule has 1 heterocycles. The maximum Gasteiger partial charge on any atom is 0.254 e. The Morgan fingerprint density at radius 1 is 1.33 bits per heavy atom. The third-order valence-electron chi connectivity index (χ3n) is 3.56. The van der Waals surface area contributed by atoms with Crippen LogP contribution >= 0.6 is 0 Å². The van der Waals surface area contributed by atoms with Gasteiger partial charge in [-0.3, -0.25) is 4.79 Å². The number of carbonyl (C=O) groups excluding carboxylic acids is 1. The molecule has 0 saturated carbocycles. The first-order valence-electron chi connectivity index (χ1n) is 6.77. The number of hydrogen-bond acceptors (Lipinski definition) is 2. The fraction of sp³-hybridized carbons (Fsp3) is 0.533. The predicted molar refractivity (Wildman–Crippen MR) is 73.6 cm³/mol. The molecule has 0 spiro atoms. The largest absolute Gasteiger partial charge is 0.334 e. The summed E-state index contributed by atoms with van der Waals surface area (Å²) >= 11 is 0. The normalized spacial score (nSPS) is 20.8. The van der Waals surface area contributed by atoms with Gasteiger partial charge < -0.3 is 10.2 Å². The van der Waals surface area contributed by atoms with Gasteiger partial charge in [-0.1, -0.05) is 32.0 Å². The van der Waals surface area contributed by atoms with E-state index in [1.54, 1.807) is 0 Å². The summed E-state index contributed by atoms with van der Waals surface area (Å²) < 4.78 is 0. The standard InChI is InChI=1S/C15H22N2O/c1-12(2)14-11-16-9-6-10-17(14)15(18)13-7-4-3-5-8-13/h3-5,7-8,12,14,16H,6,9-11H2,1-2H3. The smallest absolute Gasteiger partial charge is 0.254 e. The van der Waals surface area contributed by atoms with Crippen molar-refractivity contribution in [1.29, 1.82) is 0 Å². The Morgan fingerprint density at radius 3 is 2.72 bits per heavy atom. The van der Waals surface area contributed by atoms with Crippen LogP contribution in [0.1, 0.15) is 30.6 Å². The molecule has 3 heteroatoms. The second-order valence-corrected chi connectivity index (χ2v) is 5.23. The summed E-state index contributed by atoms with van der Waals surface area (Å²) in [5, 5.41) is 3.42. The molecule has 2 rings (SSSR count). The van der Waals surface area contributed by atoms with Crippen molar-refractivity contribution in [3.63, 3.8) is 0 Å². The van der Waals surface area contributed by atoms with Gasteiger partial charge in [-0.15, -0.1) is 0 Å². The number of amides is 1. The fourth-order valence-electron chi connectivity index (χ4n) is 2.49. The van der Waals surface area contributed by atoms with Crippen LogP contribution in [0.15, 0.2) is 30.3 Å². The quantitative estimate of drug-likeness (QED) is 0.867. The first kappa shape index (κ1) is 13.1. The maximum atomic E-state index is 12.6. The van der Waals surface area contributed by atoms with Crippen LogP contribution in [-0.2, 0) is 0 Å². The summed E-state index contributed by atoms with van der Waals surface area (Å²) in [5.74, 6) is 0.640. The van der Waals surface area contributed by atoms with E-state index < -0.39 is 0 Å².